The zero-order valence-electron chi connectivity index (χ0n) is 20.0. The molecule has 0 aromatic carbocycles. The summed E-state index contributed by atoms with van der Waals surface area (Å²) in [5.41, 5.74) is 5.62. The lowest BCUT2D eigenvalue weighted by molar-refractivity contribution is -0.145. The molecular formula is C21H35N5O9. The summed E-state index contributed by atoms with van der Waals surface area (Å²) in [5, 5.41) is 34.6. The first-order valence-corrected chi connectivity index (χ1v) is 11.3. The number of carboxylic acid groups (broad SMARTS) is 2. The lowest BCUT2D eigenvalue weighted by Crippen LogP contribution is -2.56. The fourth-order valence-corrected chi connectivity index (χ4v) is 3.67. The molecule has 0 aliphatic carbocycles. The third kappa shape index (κ3) is 9.48. The molecule has 0 bridgehead atoms. The Morgan fingerprint density at radius 1 is 1.06 bits per heavy atom. The number of rotatable bonds is 13. The van der Waals surface area contributed by atoms with Crippen molar-refractivity contribution in [3.05, 3.63) is 0 Å². The Morgan fingerprint density at radius 3 is 2.20 bits per heavy atom. The van der Waals surface area contributed by atoms with E-state index in [4.69, 9.17) is 15.9 Å². The predicted molar refractivity (Wildman–Crippen MR) is 121 cm³/mol. The van der Waals surface area contributed by atoms with Crippen LogP contribution in [0.4, 0.5) is 0 Å². The maximum Gasteiger partial charge on any atom is 0.328 e. The van der Waals surface area contributed by atoms with Crippen LogP contribution in [0.5, 0.6) is 0 Å². The van der Waals surface area contributed by atoms with Gasteiger partial charge in [0, 0.05) is 6.54 Å². The number of nitrogens with one attached hydrogen (secondary N) is 3. The molecule has 35 heavy (non-hydrogen) atoms. The first-order chi connectivity index (χ1) is 16.2. The van der Waals surface area contributed by atoms with Crippen molar-refractivity contribution in [3.8, 4) is 0 Å². The van der Waals surface area contributed by atoms with Gasteiger partial charge < -0.3 is 41.9 Å². The monoisotopic (exact) mass is 501 g/mol. The van der Waals surface area contributed by atoms with Gasteiger partial charge in [0.15, 0.2) is 6.04 Å². The quantitative estimate of drug-likeness (QED) is 0.139. The van der Waals surface area contributed by atoms with E-state index >= 15 is 0 Å². The average molecular weight is 502 g/mol. The molecule has 14 nitrogen and oxygen atoms in total. The third-order valence-corrected chi connectivity index (χ3v) is 5.38. The number of carbonyl (C=O) groups is 6. The Labute approximate surface area is 202 Å². The largest absolute Gasteiger partial charge is 0.481 e. The first kappa shape index (κ1) is 29.8. The van der Waals surface area contributed by atoms with Crippen molar-refractivity contribution in [1.82, 2.24) is 20.9 Å². The number of aliphatic hydroxyl groups excluding tert-OH is 1. The molecule has 8 N–H and O–H groups in total. The normalized spacial score (nSPS) is 18.8. The van der Waals surface area contributed by atoms with Crippen LogP contribution in [0.1, 0.15) is 46.5 Å². The van der Waals surface area contributed by atoms with E-state index in [9.17, 15) is 33.9 Å². The number of carboxylic acids is 2. The van der Waals surface area contributed by atoms with E-state index < -0.39 is 78.8 Å². The second-order valence-corrected chi connectivity index (χ2v) is 8.93. The molecule has 1 fully saturated rings. The van der Waals surface area contributed by atoms with Gasteiger partial charge in [-0.2, -0.15) is 0 Å². The Bertz CT molecular complexity index is 817. The van der Waals surface area contributed by atoms with E-state index in [0.717, 1.165) is 0 Å². The first-order valence-electron chi connectivity index (χ1n) is 11.3. The van der Waals surface area contributed by atoms with Gasteiger partial charge >= 0.3 is 11.9 Å². The topological polar surface area (TPSA) is 228 Å². The molecule has 1 rings (SSSR count). The molecule has 0 aromatic heterocycles. The van der Waals surface area contributed by atoms with E-state index in [-0.39, 0.29) is 18.9 Å². The number of carbonyl (C=O) groups excluding carboxylic acids is 4. The van der Waals surface area contributed by atoms with Gasteiger partial charge in [0.1, 0.15) is 12.1 Å². The van der Waals surface area contributed by atoms with E-state index in [0.29, 0.717) is 12.8 Å². The van der Waals surface area contributed by atoms with Crippen molar-refractivity contribution in [1.29, 1.82) is 0 Å². The van der Waals surface area contributed by atoms with Crippen molar-refractivity contribution < 1.29 is 44.1 Å². The standard InChI is InChI=1S/C21H35N5O9/c1-10(2)7-13(18(31)25-17(11(3)27)21(34)35)24-15(28)9-23-19(32)14-5-4-6-26(14)20(33)12(22)8-16(29)30/h10-14,17,27H,4-9,22H2,1-3H3,(H,23,32)(H,24,28)(H,25,31)(H,29,30)(H,34,35)/t11-,12+,13+,14+,17+/m1/s1. The molecule has 4 amide bonds. The fraction of sp³-hybridized carbons (Fsp3) is 0.714. The molecule has 1 aliphatic rings. The van der Waals surface area contributed by atoms with Crippen LogP contribution in [0.15, 0.2) is 0 Å². The molecule has 0 saturated carbocycles. The van der Waals surface area contributed by atoms with Crippen LogP contribution >= 0.6 is 0 Å². The average Bonchev–Trinajstić information content (AvgIpc) is 3.23. The minimum Gasteiger partial charge on any atom is -0.481 e. The summed E-state index contributed by atoms with van der Waals surface area (Å²) in [4.78, 5) is 73.2. The van der Waals surface area contributed by atoms with Gasteiger partial charge in [-0.15, -0.1) is 0 Å². The van der Waals surface area contributed by atoms with Crippen LogP contribution in [0, 0.1) is 5.92 Å². The number of likely N-dealkylation sites (tertiary alicyclic amines) is 1. The summed E-state index contributed by atoms with van der Waals surface area (Å²) in [6.45, 7) is 4.49. The molecule has 1 saturated heterocycles. The second-order valence-electron chi connectivity index (χ2n) is 8.93. The van der Waals surface area contributed by atoms with Crippen LogP contribution in [0.3, 0.4) is 0 Å². The van der Waals surface area contributed by atoms with Crippen molar-refractivity contribution in [2.24, 2.45) is 11.7 Å². The molecular weight excluding hydrogens is 466 g/mol. The fourth-order valence-electron chi connectivity index (χ4n) is 3.67. The molecule has 198 valence electrons. The summed E-state index contributed by atoms with van der Waals surface area (Å²) >= 11 is 0. The summed E-state index contributed by atoms with van der Waals surface area (Å²) in [6.07, 6.45) is -0.965. The SMILES string of the molecule is CC(C)C[C@H](NC(=O)CNC(=O)[C@@H]1CCCN1C(=O)[C@@H](N)CC(=O)O)C(=O)N[C@H](C(=O)O)[C@@H](C)O. The summed E-state index contributed by atoms with van der Waals surface area (Å²) in [5.74, 6) is -5.55. The number of hydrogen-bond donors (Lipinski definition) is 7. The van der Waals surface area contributed by atoms with Crippen LogP contribution in [0.2, 0.25) is 0 Å². The lowest BCUT2D eigenvalue weighted by atomic mass is 10.0. The molecule has 0 aromatic rings. The molecule has 14 heteroatoms. The summed E-state index contributed by atoms with van der Waals surface area (Å²) in [7, 11) is 0. The predicted octanol–water partition coefficient (Wildman–Crippen LogP) is -2.62. The van der Waals surface area contributed by atoms with Gasteiger partial charge in [-0.05, 0) is 32.1 Å². The summed E-state index contributed by atoms with van der Waals surface area (Å²) < 4.78 is 0. The van der Waals surface area contributed by atoms with Crippen LogP contribution in [-0.4, -0.2) is 99.1 Å². The lowest BCUT2D eigenvalue weighted by Gasteiger charge is -2.26. The molecule has 0 radical (unpaired) electrons. The third-order valence-electron chi connectivity index (χ3n) is 5.38. The van der Waals surface area contributed by atoms with Gasteiger partial charge in [0.25, 0.3) is 0 Å². The molecule has 1 heterocycles. The molecule has 1 aliphatic heterocycles. The Kier molecular flexibility index (Phi) is 11.6. The van der Waals surface area contributed by atoms with Gasteiger partial charge in [0.2, 0.25) is 23.6 Å². The van der Waals surface area contributed by atoms with Crippen molar-refractivity contribution in [2.45, 2.75) is 76.7 Å². The van der Waals surface area contributed by atoms with Gasteiger partial charge in [-0.25, -0.2) is 4.79 Å². The number of amides is 4. The van der Waals surface area contributed by atoms with E-state index in [2.05, 4.69) is 16.0 Å². The van der Waals surface area contributed by atoms with Crippen molar-refractivity contribution in [2.75, 3.05) is 13.1 Å². The summed E-state index contributed by atoms with van der Waals surface area (Å²) in [6, 6.07) is -4.88. The maximum absolute atomic E-state index is 12.6. The Hall–Kier alpha value is -3.26. The van der Waals surface area contributed by atoms with Crippen molar-refractivity contribution in [3.63, 3.8) is 0 Å². The van der Waals surface area contributed by atoms with E-state index in [1.165, 1.54) is 11.8 Å². The van der Waals surface area contributed by atoms with Crippen LogP contribution < -0.4 is 21.7 Å². The molecule has 0 spiro atoms. The van der Waals surface area contributed by atoms with Gasteiger partial charge in [0.05, 0.1) is 25.1 Å². The molecule has 5 atom stereocenters. The number of hydrogen-bond acceptors (Lipinski definition) is 8. The maximum atomic E-state index is 12.6. The number of nitrogens with zero attached hydrogens (tertiary/aromatic N) is 1. The Morgan fingerprint density at radius 2 is 1.69 bits per heavy atom. The van der Waals surface area contributed by atoms with Gasteiger partial charge in [-0.3, -0.25) is 24.0 Å². The number of aliphatic carboxylic acids is 2. The highest BCUT2D eigenvalue weighted by molar-refractivity contribution is 5.94. The highest BCUT2D eigenvalue weighted by atomic mass is 16.4. The van der Waals surface area contributed by atoms with E-state index in [1.54, 1.807) is 13.8 Å². The van der Waals surface area contributed by atoms with Crippen LogP contribution in [0.25, 0.3) is 0 Å². The molecule has 0 unspecified atom stereocenters. The highest BCUT2D eigenvalue weighted by Gasteiger charge is 2.37. The van der Waals surface area contributed by atoms with Crippen molar-refractivity contribution >= 4 is 35.6 Å². The minimum absolute atomic E-state index is 0.0523. The number of aliphatic hydroxyl groups is 1. The minimum atomic E-state index is -1.56. The van der Waals surface area contributed by atoms with Crippen LogP contribution in [-0.2, 0) is 28.8 Å². The highest BCUT2D eigenvalue weighted by Crippen LogP contribution is 2.18. The van der Waals surface area contributed by atoms with E-state index in [1.807, 2.05) is 0 Å². The number of nitrogens with two attached hydrogens (primary N) is 1. The second kappa shape index (κ2) is 13.6. The smallest absolute Gasteiger partial charge is 0.328 e. The zero-order chi connectivity index (χ0) is 26.9. The van der Waals surface area contributed by atoms with Gasteiger partial charge in [-0.1, -0.05) is 13.8 Å². The Balaban J connectivity index is 2.73. The zero-order valence-corrected chi connectivity index (χ0v) is 20.0.